The Morgan fingerprint density at radius 3 is 1.62 bits per heavy atom. The van der Waals surface area contributed by atoms with Crippen molar-refractivity contribution in [1.82, 2.24) is 4.31 Å². The molecule has 0 radical (unpaired) electrons. The van der Waals surface area contributed by atoms with E-state index >= 15 is 0 Å². The van der Waals surface area contributed by atoms with Gasteiger partial charge in [-0.05, 0) is 29.8 Å². The topological polar surface area (TPSA) is 127 Å². The van der Waals surface area contributed by atoms with Crippen LogP contribution in [0.5, 0.6) is 0 Å². The molecule has 42 heavy (non-hydrogen) atoms. The first-order valence-electron chi connectivity index (χ1n) is 13.4. The van der Waals surface area contributed by atoms with Gasteiger partial charge in [-0.1, -0.05) is 75.7 Å². The quantitative estimate of drug-likeness (QED) is 0.127. The normalized spacial score (nSPS) is 11.2. The Hall–Kier alpha value is -3.83. The lowest BCUT2D eigenvalue weighted by molar-refractivity contribution is 0.487. The van der Waals surface area contributed by atoms with Crippen molar-refractivity contribution in [2.45, 2.75) is 37.0 Å². The maximum absolute atomic E-state index is 12.6. The summed E-state index contributed by atoms with van der Waals surface area (Å²) in [6, 6.07) is 21.4. The van der Waals surface area contributed by atoms with Gasteiger partial charge in [-0.15, -0.1) is 0 Å². The molecule has 10 nitrogen and oxygen atoms in total. The highest BCUT2D eigenvalue weighted by Crippen LogP contribution is 2.32. The Kier molecular flexibility index (Phi) is 12.2. The number of anilines is 2. The molecule has 4 aromatic rings. The predicted molar refractivity (Wildman–Crippen MR) is 174 cm³/mol. The number of hydrogen-bond acceptors (Lipinski definition) is 6. The van der Waals surface area contributed by atoms with Crippen LogP contribution in [0.15, 0.2) is 87.1 Å². The standard InChI is InChI=1S/C15H20N2O2S.C12H12N4O2S.C3H8/c1-5-17(4)20(18,19)15-11-10-14(16(2)3)12-8-6-7-9-13(12)15;1-16(2)11-7-3-6-10-9(11)5-4-8-12(10)19(17,18)15-14-13;1-3-2/h6-11H,5H2,1-4H3;3-8H,1-2H3;3H2,1-2H3. The van der Waals surface area contributed by atoms with Gasteiger partial charge in [0.15, 0.2) is 0 Å². The molecule has 4 aromatic carbocycles. The average molecular weight is 613 g/mol. The third-order valence-electron chi connectivity index (χ3n) is 6.24. The molecule has 0 bridgehead atoms. The van der Waals surface area contributed by atoms with E-state index in [0.717, 1.165) is 27.5 Å². The molecule has 226 valence electrons. The third kappa shape index (κ3) is 7.71. The summed E-state index contributed by atoms with van der Waals surface area (Å²) in [6.45, 7) is 6.53. The maximum atomic E-state index is 12.6. The highest BCUT2D eigenvalue weighted by Gasteiger charge is 2.23. The van der Waals surface area contributed by atoms with Gasteiger partial charge in [0.1, 0.15) is 0 Å². The molecule has 0 aromatic heterocycles. The van der Waals surface area contributed by atoms with Crippen molar-refractivity contribution in [1.29, 1.82) is 0 Å². The zero-order valence-electron chi connectivity index (χ0n) is 25.5. The van der Waals surface area contributed by atoms with Gasteiger partial charge in [-0.3, -0.25) is 0 Å². The molecule has 0 saturated heterocycles. The predicted octanol–water partition coefficient (Wildman–Crippen LogP) is 6.87. The van der Waals surface area contributed by atoms with Crippen LogP contribution in [0.1, 0.15) is 27.2 Å². The van der Waals surface area contributed by atoms with Crippen molar-refractivity contribution in [3.05, 3.63) is 83.2 Å². The van der Waals surface area contributed by atoms with E-state index in [1.54, 1.807) is 31.3 Å². The minimum absolute atomic E-state index is 0.0199. The SMILES string of the molecule is CCC.CCN(C)S(=O)(=O)c1ccc(N(C)C)c2ccccc12.CN(C)c1cccc2c(S(=O)(=O)N=[N+]=[N-])cccc12. The van der Waals surface area contributed by atoms with E-state index in [2.05, 4.69) is 23.3 Å². The van der Waals surface area contributed by atoms with Gasteiger partial charge in [0, 0.05) is 84.1 Å². The monoisotopic (exact) mass is 612 g/mol. The summed E-state index contributed by atoms with van der Waals surface area (Å²) in [4.78, 5) is 6.64. The molecule has 4 rings (SSSR count). The van der Waals surface area contributed by atoms with Crippen molar-refractivity contribution in [3.8, 4) is 0 Å². The summed E-state index contributed by atoms with van der Waals surface area (Å²) >= 11 is 0. The van der Waals surface area contributed by atoms with Crippen LogP contribution in [0.25, 0.3) is 32.0 Å². The molecule has 0 aliphatic carbocycles. The number of nitrogens with zero attached hydrogens (tertiary/aromatic N) is 6. The zero-order chi connectivity index (χ0) is 31.7. The lowest BCUT2D eigenvalue weighted by atomic mass is 10.1. The van der Waals surface area contributed by atoms with Crippen LogP contribution in [0, 0.1) is 0 Å². The minimum atomic E-state index is -3.99. The van der Waals surface area contributed by atoms with Crippen molar-refractivity contribution in [2.75, 3.05) is 51.6 Å². The molecule has 0 heterocycles. The van der Waals surface area contributed by atoms with Crippen molar-refractivity contribution in [3.63, 3.8) is 0 Å². The summed E-state index contributed by atoms with van der Waals surface area (Å²) in [5.41, 5.74) is 10.3. The van der Waals surface area contributed by atoms with Gasteiger partial charge in [0.25, 0.3) is 10.0 Å². The molecule has 0 aliphatic rings. The fourth-order valence-electron chi connectivity index (χ4n) is 4.18. The largest absolute Gasteiger partial charge is 0.377 e. The van der Waals surface area contributed by atoms with Gasteiger partial charge in [-0.2, -0.15) is 0 Å². The van der Waals surface area contributed by atoms with Crippen LogP contribution in [0.2, 0.25) is 0 Å². The molecule has 0 saturated carbocycles. The van der Waals surface area contributed by atoms with Crippen LogP contribution in [0.4, 0.5) is 11.4 Å². The second-order valence-electron chi connectivity index (χ2n) is 9.82. The molecule has 12 heteroatoms. The van der Waals surface area contributed by atoms with Crippen LogP contribution < -0.4 is 9.80 Å². The van der Waals surface area contributed by atoms with Crippen LogP contribution >= 0.6 is 0 Å². The van der Waals surface area contributed by atoms with E-state index in [-0.39, 0.29) is 4.90 Å². The smallest absolute Gasteiger partial charge is 0.264 e. The molecule has 0 unspecified atom stereocenters. The lowest BCUT2D eigenvalue weighted by Gasteiger charge is -2.20. The van der Waals surface area contributed by atoms with Crippen molar-refractivity contribution in [2.24, 2.45) is 4.52 Å². The second-order valence-corrected chi connectivity index (χ2v) is 13.4. The van der Waals surface area contributed by atoms with Crippen LogP contribution in [-0.2, 0) is 20.0 Å². The highest BCUT2D eigenvalue weighted by molar-refractivity contribution is 7.90. The van der Waals surface area contributed by atoms with E-state index in [9.17, 15) is 16.8 Å². The number of sulfonamides is 2. The maximum Gasteiger partial charge on any atom is 0.264 e. The number of rotatable bonds is 7. The summed E-state index contributed by atoms with van der Waals surface area (Å²) in [5.74, 6) is 0. The number of fused-ring (bicyclic) bond motifs is 2. The van der Waals surface area contributed by atoms with E-state index in [1.165, 1.54) is 16.8 Å². The van der Waals surface area contributed by atoms with Crippen molar-refractivity contribution >= 4 is 53.0 Å². The van der Waals surface area contributed by atoms with Gasteiger partial charge in [-0.25, -0.2) is 21.1 Å². The molecule has 0 fully saturated rings. The Labute approximate surface area is 249 Å². The fraction of sp³-hybridized carbons (Fsp3) is 0.333. The second kappa shape index (κ2) is 14.9. The molecule has 0 amide bonds. The first kappa shape index (κ1) is 34.4. The summed E-state index contributed by atoms with van der Waals surface area (Å²) in [6.07, 6.45) is 1.25. The summed E-state index contributed by atoms with van der Waals surface area (Å²) in [5, 5.41) is 3.05. The van der Waals surface area contributed by atoms with E-state index < -0.39 is 20.0 Å². The van der Waals surface area contributed by atoms with Crippen LogP contribution in [-0.4, -0.2) is 62.9 Å². The molecule has 0 atom stereocenters. The Morgan fingerprint density at radius 2 is 1.10 bits per heavy atom. The molecule has 0 N–H and O–H groups in total. The minimum Gasteiger partial charge on any atom is -0.377 e. The fourth-order valence-corrected chi connectivity index (χ4v) is 6.44. The number of hydrogen-bond donors (Lipinski definition) is 0. The molecule has 0 spiro atoms. The van der Waals surface area contributed by atoms with E-state index in [4.69, 9.17) is 5.53 Å². The van der Waals surface area contributed by atoms with E-state index in [1.807, 2.05) is 87.4 Å². The van der Waals surface area contributed by atoms with Gasteiger partial charge in [0.2, 0.25) is 10.0 Å². The average Bonchev–Trinajstić information content (AvgIpc) is 2.95. The molecular formula is C30H40N6O4S2. The van der Waals surface area contributed by atoms with Gasteiger partial charge >= 0.3 is 0 Å². The zero-order valence-corrected chi connectivity index (χ0v) is 27.1. The number of benzene rings is 4. The Morgan fingerprint density at radius 1 is 0.643 bits per heavy atom. The van der Waals surface area contributed by atoms with Gasteiger partial charge in [0.05, 0.1) is 9.79 Å². The first-order valence-corrected chi connectivity index (χ1v) is 16.3. The summed E-state index contributed by atoms with van der Waals surface area (Å²) in [7, 11) is 1.83. The molecule has 0 aliphatic heterocycles. The first-order chi connectivity index (χ1) is 19.8. The van der Waals surface area contributed by atoms with Gasteiger partial charge < -0.3 is 9.80 Å². The highest BCUT2D eigenvalue weighted by atomic mass is 32.2. The van der Waals surface area contributed by atoms with Crippen LogP contribution in [0.3, 0.4) is 0 Å². The molecular weight excluding hydrogens is 573 g/mol. The van der Waals surface area contributed by atoms with E-state index in [0.29, 0.717) is 16.8 Å². The Bertz CT molecular complexity index is 1780. The third-order valence-corrected chi connectivity index (χ3v) is 9.43. The number of azide groups is 1. The van der Waals surface area contributed by atoms with Crippen molar-refractivity contribution < 1.29 is 16.8 Å². The lowest BCUT2D eigenvalue weighted by Crippen LogP contribution is -2.26. The Balaban J connectivity index is 0.000000269. The summed E-state index contributed by atoms with van der Waals surface area (Å²) < 4.78 is 53.2.